The zero-order chi connectivity index (χ0) is 13.9. The maximum Gasteiger partial charge on any atom is 0.410 e. The number of nitrogens with zero attached hydrogens (tertiary/aromatic N) is 2. The van der Waals surface area contributed by atoms with Gasteiger partial charge in [-0.15, -0.1) is 0 Å². The molecule has 1 aliphatic heterocycles. The molecule has 1 rings (SSSR count). The van der Waals surface area contributed by atoms with Gasteiger partial charge in [0, 0.05) is 18.5 Å². The van der Waals surface area contributed by atoms with Crippen LogP contribution in [0.25, 0.3) is 0 Å². The Labute approximate surface area is 108 Å². The molecule has 104 valence electrons. The van der Waals surface area contributed by atoms with Crippen molar-refractivity contribution < 1.29 is 14.7 Å². The van der Waals surface area contributed by atoms with Crippen molar-refractivity contribution in [3.8, 4) is 0 Å². The Hall–Kier alpha value is -1.46. The molecule has 6 heteroatoms. The summed E-state index contributed by atoms with van der Waals surface area (Å²) in [6, 6.07) is 0.114. The lowest BCUT2D eigenvalue weighted by Gasteiger charge is -2.38. The first kappa shape index (κ1) is 14.6. The number of hydrogen-bond donors (Lipinski definition) is 2. The van der Waals surface area contributed by atoms with Gasteiger partial charge in [-0.25, -0.2) is 4.79 Å². The molecule has 0 spiro atoms. The first-order valence-corrected chi connectivity index (χ1v) is 6.21. The van der Waals surface area contributed by atoms with Crippen molar-refractivity contribution in [1.29, 1.82) is 0 Å². The minimum absolute atomic E-state index is 0.0984. The van der Waals surface area contributed by atoms with Crippen molar-refractivity contribution in [3.63, 3.8) is 0 Å². The number of piperidine rings is 1. The number of likely N-dealkylation sites (tertiary alicyclic amines) is 1. The van der Waals surface area contributed by atoms with Crippen molar-refractivity contribution in [1.82, 2.24) is 4.90 Å². The molecule has 3 N–H and O–H groups in total. The molecule has 1 fully saturated rings. The van der Waals surface area contributed by atoms with Gasteiger partial charge in [-0.05, 0) is 40.5 Å². The number of carbonyl (C=O) groups excluding carboxylic acids is 1. The third kappa shape index (κ3) is 3.78. The number of carbonyl (C=O) groups is 1. The average molecular weight is 257 g/mol. The van der Waals surface area contributed by atoms with Crippen molar-refractivity contribution in [3.05, 3.63) is 0 Å². The molecule has 0 bridgehead atoms. The number of hydrogen-bond acceptors (Lipinski definition) is 4. The summed E-state index contributed by atoms with van der Waals surface area (Å²) in [4.78, 5) is 13.7. The van der Waals surface area contributed by atoms with Crippen LogP contribution in [0.3, 0.4) is 0 Å². The van der Waals surface area contributed by atoms with E-state index >= 15 is 0 Å². The van der Waals surface area contributed by atoms with E-state index in [4.69, 9.17) is 15.7 Å². The third-order valence-corrected chi connectivity index (χ3v) is 3.04. The quantitative estimate of drug-likeness (QED) is 0.324. The highest BCUT2D eigenvalue weighted by molar-refractivity contribution is 5.83. The summed E-state index contributed by atoms with van der Waals surface area (Å²) < 4.78 is 5.35. The smallest absolute Gasteiger partial charge is 0.410 e. The highest BCUT2D eigenvalue weighted by Gasteiger charge is 2.33. The van der Waals surface area contributed by atoms with Gasteiger partial charge >= 0.3 is 6.09 Å². The predicted molar refractivity (Wildman–Crippen MR) is 68.5 cm³/mol. The van der Waals surface area contributed by atoms with Crippen LogP contribution >= 0.6 is 0 Å². The summed E-state index contributed by atoms with van der Waals surface area (Å²) in [6.45, 7) is 7.92. The minimum Gasteiger partial charge on any atom is -0.444 e. The van der Waals surface area contributed by atoms with E-state index in [1.54, 1.807) is 4.90 Å². The Bertz CT molecular complexity index is 336. The van der Waals surface area contributed by atoms with Crippen LogP contribution in [0.15, 0.2) is 5.16 Å². The molecule has 0 radical (unpaired) electrons. The Morgan fingerprint density at radius 2 is 2.06 bits per heavy atom. The van der Waals surface area contributed by atoms with E-state index in [-0.39, 0.29) is 23.9 Å². The first-order chi connectivity index (χ1) is 8.24. The molecule has 1 saturated heterocycles. The number of nitrogens with two attached hydrogens (primary N) is 1. The predicted octanol–water partition coefficient (Wildman–Crippen LogP) is 1.77. The fraction of sp³-hybridized carbons (Fsp3) is 0.833. The largest absolute Gasteiger partial charge is 0.444 e. The molecular weight excluding hydrogens is 234 g/mol. The molecule has 2 atom stereocenters. The van der Waals surface area contributed by atoms with Crippen molar-refractivity contribution in [2.75, 3.05) is 6.54 Å². The SMILES string of the molecule is C[C@@H]1CC[C@H](C(N)=NO)CN1C(=O)OC(C)(C)C. The second-order valence-corrected chi connectivity index (χ2v) is 5.78. The fourth-order valence-corrected chi connectivity index (χ4v) is 2.00. The molecule has 1 heterocycles. The molecule has 0 saturated carbocycles. The lowest BCUT2D eigenvalue weighted by molar-refractivity contribution is 0.00892. The van der Waals surface area contributed by atoms with Gasteiger partial charge in [-0.3, -0.25) is 0 Å². The number of amidine groups is 1. The van der Waals surface area contributed by atoms with Crippen LogP contribution in [-0.2, 0) is 4.74 Å². The van der Waals surface area contributed by atoms with Crippen LogP contribution < -0.4 is 5.73 Å². The van der Waals surface area contributed by atoms with Crippen molar-refractivity contribution in [2.24, 2.45) is 16.8 Å². The van der Waals surface area contributed by atoms with E-state index in [0.717, 1.165) is 12.8 Å². The van der Waals surface area contributed by atoms with Gasteiger partial charge in [0.1, 0.15) is 11.4 Å². The van der Waals surface area contributed by atoms with Gasteiger partial charge in [0.2, 0.25) is 0 Å². The van der Waals surface area contributed by atoms with Gasteiger partial charge in [-0.2, -0.15) is 0 Å². The maximum absolute atomic E-state index is 12.0. The molecule has 0 aliphatic carbocycles. The molecule has 1 aliphatic rings. The third-order valence-electron chi connectivity index (χ3n) is 3.04. The van der Waals surface area contributed by atoms with E-state index in [2.05, 4.69) is 5.16 Å². The molecular formula is C12H23N3O3. The highest BCUT2D eigenvalue weighted by Crippen LogP contribution is 2.24. The second kappa shape index (κ2) is 5.46. The Balaban J connectivity index is 2.71. The number of oxime groups is 1. The maximum atomic E-state index is 12.0. The molecule has 0 unspecified atom stereocenters. The zero-order valence-corrected chi connectivity index (χ0v) is 11.5. The van der Waals surface area contributed by atoms with Crippen LogP contribution in [0, 0.1) is 5.92 Å². The summed E-state index contributed by atoms with van der Waals surface area (Å²) in [7, 11) is 0. The summed E-state index contributed by atoms with van der Waals surface area (Å²) in [5.41, 5.74) is 5.09. The minimum atomic E-state index is -0.514. The van der Waals surface area contributed by atoms with E-state index in [0.29, 0.717) is 6.54 Å². The number of ether oxygens (including phenoxy) is 1. The zero-order valence-electron chi connectivity index (χ0n) is 11.5. The van der Waals surface area contributed by atoms with E-state index in [1.165, 1.54) is 0 Å². The molecule has 0 aromatic heterocycles. The molecule has 6 nitrogen and oxygen atoms in total. The van der Waals surface area contributed by atoms with Crippen LogP contribution in [0.1, 0.15) is 40.5 Å². The van der Waals surface area contributed by atoms with E-state index in [9.17, 15) is 4.79 Å². The van der Waals surface area contributed by atoms with Crippen LogP contribution in [0.5, 0.6) is 0 Å². The van der Waals surface area contributed by atoms with Gasteiger partial charge < -0.3 is 20.6 Å². The van der Waals surface area contributed by atoms with Gasteiger partial charge in [0.15, 0.2) is 0 Å². The van der Waals surface area contributed by atoms with Gasteiger partial charge in [0.05, 0.1) is 0 Å². The van der Waals surface area contributed by atoms with Gasteiger partial charge in [-0.1, -0.05) is 5.16 Å². The first-order valence-electron chi connectivity index (χ1n) is 6.21. The monoisotopic (exact) mass is 257 g/mol. The van der Waals surface area contributed by atoms with E-state index in [1.807, 2.05) is 27.7 Å². The second-order valence-electron chi connectivity index (χ2n) is 5.78. The molecule has 0 aromatic rings. The summed E-state index contributed by atoms with van der Waals surface area (Å²) in [5.74, 6) is 0.0779. The topological polar surface area (TPSA) is 88.2 Å². The Morgan fingerprint density at radius 3 is 2.56 bits per heavy atom. The van der Waals surface area contributed by atoms with Crippen LogP contribution in [0.2, 0.25) is 0 Å². The lowest BCUT2D eigenvalue weighted by Crippen LogP contribution is -2.50. The molecule has 1 amide bonds. The van der Waals surface area contributed by atoms with Crippen molar-refractivity contribution in [2.45, 2.75) is 52.2 Å². The summed E-state index contributed by atoms with van der Waals surface area (Å²) in [6.07, 6.45) is 1.29. The van der Waals surface area contributed by atoms with E-state index < -0.39 is 5.60 Å². The number of rotatable bonds is 1. The standard InChI is InChI=1S/C12H23N3O3/c1-8-5-6-9(10(13)14-17)7-15(8)11(16)18-12(2,3)4/h8-9,17H,5-7H2,1-4H3,(H2,13,14)/t8-,9+/m1/s1. The van der Waals surface area contributed by atoms with Crippen molar-refractivity contribution >= 4 is 11.9 Å². The normalized spacial score (nSPS) is 26.0. The molecule has 0 aromatic carbocycles. The van der Waals surface area contributed by atoms with Crippen LogP contribution in [0.4, 0.5) is 4.79 Å². The Kier molecular flexibility index (Phi) is 4.43. The summed E-state index contributed by atoms with van der Waals surface area (Å²) >= 11 is 0. The average Bonchev–Trinajstić information content (AvgIpc) is 2.26. The number of amides is 1. The molecule has 18 heavy (non-hydrogen) atoms. The van der Waals surface area contributed by atoms with Gasteiger partial charge in [0.25, 0.3) is 0 Å². The Morgan fingerprint density at radius 1 is 1.44 bits per heavy atom. The summed E-state index contributed by atoms with van der Waals surface area (Å²) in [5, 5.41) is 11.7. The highest BCUT2D eigenvalue weighted by atomic mass is 16.6. The van der Waals surface area contributed by atoms with Crippen LogP contribution in [-0.4, -0.2) is 40.2 Å². The fourth-order valence-electron chi connectivity index (χ4n) is 2.00. The lowest BCUT2D eigenvalue weighted by atomic mass is 9.93.